The van der Waals surface area contributed by atoms with Crippen LogP contribution in [-0.4, -0.2) is 13.7 Å². The number of hydrogen-bond donors (Lipinski definition) is 0. The molecule has 0 amide bonds. The van der Waals surface area contributed by atoms with Crippen LogP contribution in [0.2, 0.25) is 0 Å². The van der Waals surface area contributed by atoms with Crippen LogP contribution in [-0.2, 0) is 6.42 Å². The topological polar surface area (TPSA) is 18.5 Å². The van der Waals surface area contributed by atoms with E-state index in [0.717, 1.165) is 30.4 Å². The normalized spacial score (nSPS) is 15.1. The molecule has 0 unspecified atom stereocenters. The van der Waals surface area contributed by atoms with E-state index in [1.807, 2.05) is 18.2 Å². The second-order valence-electron chi connectivity index (χ2n) is 3.99. The van der Waals surface area contributed by atoms with Crippen molar-refractivity contribution < 1.29 is 9.47 Å². The second kappa shape index (κ2) is 4.56. The Bertz CT molecular complexity index is 329. The molecule has 15 heavy (non-hydrogen) atoms. The highest BCUT2D eigenvalue weighted by Crippen LogP contribution is 2.33. The van der Waals surface area contributed by atoms with Gasteiger partial charge in [0.1, 0.15) is 0 Å². The van der Waals surface area contributed by atoms with E-state index >= 15 is 0 Å². The Morgan fingerprint density at radius 3 is 2.73 bits per heavy atom. The highest BCUT2D eigenvalue weighted by Gasteiger charge is 2.22. The molecule has 2 heteroatoms. The molecule has 0 aliphatic heterocycles. The van der Waals surface area contributed by atoms with Crippen molar-refractivity contribution in [3.05, 3.63) is 30.7 Å². The lowest BCUT2D eigenvalue weighted by atomic mass is 10.1. The van der Waals surface area contributed by atoms with Crippen LogP contribution in [0.1, 0.15) is 18.4 Å². The molecule has 0 saturated heterocycles. The van der Waals surface area contributed by atoms with Crippen molar-refractivity contribution in [3.8, 4) is 11.5 Å². The number of methoxy groups -OCH3 is 1. The lowest BCUT2D eigenvalue weighted by Gasteiger charge is -2.11. The third kappa shape index (κ3) is 2.65. The first-order valence-electron chi connectivity index (χ1n) is 5.42. The van der Waals surface area contributed by atoms with Crippen LogP contribution >= 0.6 is 0 Å². The zero-order valence-corrected chi connectivity index (χ0v) is 9.16. The van der Waals surface area contributed by atoms with Crippen LogP contribution in [0.3, 0.4) is 0 Å². The van der Waals surface area contributed by atoms with E-state index < -0.39 is 0 Å². The van der Waals surface area contributed by atoms with Gasteiger partial charge in [0.05, 0.1) is 13.7 Å². The first-order valence-corrected chi connectivity index (χ1v) is 5.42. The largest absolute Gasteiger partial charge is 0.493 e. The van der Waals surface area contributed by atoms with E-state index in [4.69, 9.17) is 9.47 Å². The van der Waals surface area contributed by atoms with Gasteiger partial charge in [-0.2, -0.15) is 0 Å². The third-order valence-electron chi connectivity index (χ3n) is 2.69. The summed E-state index contributed by atoms with van der Waals surface area (Å²) in [6.45, 7) is 4.67. The van der Waals surface area contributed by atoms with Gasteiger partial charge in [0.25, 0.3) is 0 Å². The van der Waals surface area contributed by atoms with Gasteiger partial charge in [-0.3, -0.25) is 0 Å². The monoisotopic (exact) mass is 205 g/mol. The maximum Gasteiger partial charge on any atom is 0.161 e. The highest BCUT2D eigenvalue weighted by molar-refractivity contribution is 5.43. The SMILES string of the molecule is [CH2]Cc1ccc(OCC2CC2)c(OC)c1. The second-order valence-corrected chi connectivity index (χ2v) is 3.99. The van der Waals surface area contributed by atoms with Crippen LogP contribution in [0.5, 0.6) is 11.5 Å². The lowest BCUT2D eigenvalue weighted by Crippen LogP contribution is -2.01. The van der Waals surface area contributed by atoms with Crippen molar-refractivity contribution in [2.75, 3.05) is 13.7 Å². The van der Waals surface area contributed by atoms with Crippen LogP contribution in [0.4, 0.5) is 0 Å². The molecule has 0 spiro atoms. The Hall–Kier alpha value is -1.18. The van der Waals surface area contributed by atoms with Gasteiger partial charge in [0, 0.05) is 0 Å². The zero-order chi connectivity index (χ0) is 10.7. The molecule has 2 rings (SSSR count). The fourth-order valence-corrected chi connectivity index (χ4v) is 1.48. The molecule has 0 heterocycles. The first kappa shape index (κ1) is 10.3. The molecule has 0 atom stereocenters. The maximum absolute atomic E-state index is 5.71. The molecule has 0 aromatic heterocycles. The van der Waals surface area contributed by atoms with Gasteiger partial charge in [-0.1, -0.05) is 6.07 Å². The summed E-state index contributed by atoms with van der Waals surface area (Å²) >= 11 is 0. The summed E-state index contributed by atoms with van der Waals surface area (Å²) in [5.41, 5.74) is 1.17. The Morgan fingerprint density at radius 2 is 2.13 bits per heavy atom. The molecule has 1 aliphatic carbocycles. The molecule has 1 saturated carbocycles. The molecular weight excluding hydrogens is 188 g/mol. The number of hydrogen-bond acceptors (Lipinski definition) is 2. The summed E-state index contributed by atoms with van der Waals surface area (Å²) in [6, 6.07) is 6.01. The van der Waals surface area contributed by atoms with Gasteiger partial charge in [-0.05, 0) is 49.8 Å². The summed E-state index contributed by atoms with van der Waals surface area (Å²) in [5.74, 6) is 2.43. The molecule has 2 nitrogen and oxygen atoms in total. The quantitative estimate of drug-likeness (QED) is 0.736. The standard InChI is InChI=1S/C13H17O2/c1-3-10-6-7-12(13(8-10)14-2)15-9-11-4-5-11/h6-8,11H,1,3-5,9H2,2H3. The minimum atomic E-state index is 0.766. The molecule has 0 bridgehead atoms. The third-order valence-corrected chi connectivity index (χ3v) is 2.69. The van der Waals surface area contributed by atoms with Gasteiger partial charge in [-0.25, -0.2) is 0 Å². The van der Waals surface area contributed by atoms with Crippen molar-refractivity contribution in [2.24, 2.45) is 5.92 Å². The summed E-state index contributed by atoms with van der Waals surface area (Å²) in [7, 11) is 1.67. The number of rotatable bonds is 5. The van der Waals surface area contributed by atoms with E-state index in [2.05, 4.69) is 6.92 Å². The fourth-order valence-electron chi connectivity index (χ4n) is 1.48. The minimum absolute atomic E-state index is 0.766. The van der Waals surface area contributed by atoms with E-state index in [-0.39, 0.29) is 0 Å². The van der Waals surface area contributed by atoms with Gasteiger partial charge in [0.2, 0.25) is 0 Å². The smallest absolute Gasteiger partial charge is 0.161 e. The first-order chi connectivity index (χ1) is 7.33. The van der Waals surface area contributed by atoms with Gasteiger partial charge in [-0.15, -0.1) is 0 Å². The van der Waals surface area contributed by atoms with Crippen molar-refractivity contribution in [1.82, 2.24) is 0 Å². The molecule has 1 aromatic rings. The van der Waals surface area contributed by atoms with Crippen molar-refractivity contribution >= 4 is 0 Å². The predicted octanol–water partition coefficient (Wildman–Crippen LogP) is 2.86. The van der Waals surface area contributed by atoms with Crippen molar-refractivity contribution in [3.63, 3.8) is 0 Å². The summed E-state index contributed by atoms with van der Waals surface area (Å²) in [4.78, 5) is 0. The molecule has 1 radical (unpaired) electrons. The summed E-state index contributed by atoms with van der Waals surface area (Å²) < 4.78 is 11.0. The van der Waals surface area contributed by atoms with Gasteiger partial charge >= 0.3 is 0 Å². The zero-order valence-electron chi connectivity index (χ0n) is 9.16. The van der Waals surface area contributed by atoms with Crippen LogP contribution < -0.4 is 9.47 Å². The van der Waals surface area contributed by atoms with E-state index in [9.17, 15) is 0 Å². The highest BCUT2D eigenvalue weighted by atomic mass is 16.5. The average molecular weight is 205 g/mol. The van der Waals surface area contributed by atoms with Crippen LogP contribution in [0.15, 0.2) is 18.2 Å². The Labute approximate surface area is 91.2 Å². The van der Waals surface area contributed by atoms with E-state index in [0.29, 0.717) is 0 Å². The van der Waals surface area contributed by atoms with Gasteiger partial charge < -0.3 is 9.47 Å². The van der Waals surface area contributed by atoms with Crippen LogP contribution in [0.25, 0.3) is 0 Å². The van der Waals surface area contributed by atoms with Crippen molar-refractivity contribution in [1.29, 1.82) is 0 Å². The molecule has 1 fully saturated rings. The van der Waals surface area contributed by atoms with Crippen LogP contribution in [0, 0.1) is 12.8 Å². The molecule has 1 aliphatic rings. The molecule has 1 aromatic carbocycles. The number of benzene rings is 1. The lowest BCUT2D eigenvalue weighted by molar-refractivity contribution is 0.280. The Balaban J connectivity index is 2.06. The fraction of sp³-hybridized carbons (Fsp3) is 0.462. The Kier molecular flexibility index (Phi) is 3.14. The van der Waals surface area contributed by atoms with Crippen molar-refractivity contribution in [2.45, 2.75) is 19.3 Å². The minimum Gasteiger partial charge on any atom is -0.493 e. The molecule has 81 valence electrons. The Morgan fingerprint density at radius 1 is 1.33 bits per heavy atom. The predicted molar refractivity (Wildman–Crippen MR) is 60.3 cm³/mol. The molecular formula is C13H17O2. The summed E-state index contributed by atoms with van der Waals surface area (Å²) in [6.07, 6.45) is 3.39. The number of ether oxygens (including phenoxy) is 2. The van der Waals surface area contributed by atoms with E-state index in [1.54, 1.807) is 7.11 Å². The van der Waals surface area contributed by atoms with Gasteiger partial charge in [0.15, 0.2) is 11.5 Å². The van der Waals surface area contributed by atoms with E-state index in [1.165, 1.54) is 18.4 Å². The maximum atomic E-state index is 5.71. The average Bonchev–Trinajstić information content (AvgIpc) is 3.10. The molecule has 0 N–H and O–H groups in total. The summed E-state index contributed by atoms with van der Waals surface area (Å²) in [5, 5.41) is 0.